The Morgan fingerprint density at radius 2 is 1.81 bits per heavy atom. The summed E-state index contributed by atoms with van der Waals surface area (Å²) in [6, 6.07) is 7.55. The summed E-state index contributed by atoms with van der Waals surface area (Å²) >= 11 is 0. The van der Waals surface area contributed by atoms with Crippen LogP contribution in [0.4, 0.5) is 0 Å². The van der Waals surface area contributed by atoms with Gasteiger partial charge in [-0.3, -0.25) is 14.2 Å². The molecule has 2 amide bonds. The van der Waals surface area contributed by atoms with E-state index in [0.29, 0.717) is 17.2 Å². The maximum Gasteiger partial charge on any atom is 0.352 e. The fourth-order valence-electron chi connectivity index (χ4n) is 4.46. The van der Waals surface area contributed by atoms with Crippen LogP contribution in [0.3, 0.4) is 0 Å². The van der Waals surface area contributed by atoms with Crippen molar-refractivity contribution >= 4 is 28.6 Å². The number of fused-ring (bicyclic) bond motifs is 3. The van der Waals surface area contributed by atoms with Crippen LogP contribution in [-0.2, 0) is 22.7 Å². The Labute approximate surface area is 180 Å². The number of carbonyl (C=O) groups excluding carboxylic acids is 2. The molecule has 1 aliphatic rings. The first-order chi connectivity index (χ1) is 14.8. The minimum atomic E-state index is -0.398. The highest BCUT2D eigenvalue weighted by Crippen LogP contribution is 2.24. The lowest BCUT2D eigenvalue weighted by Gasteiger charge is -2.29. The molecule has 166 valence electrons. The molecule has 31 heavy (non-hydrogen) atoms. The Morgan fingerprint density at radius 1 is 1.10 bits per heavy atom. The van der Waals surface area contributed by atoms with Crippen LogP contribution in [0.25, 0.3) is 16.8 Å². The number of carbonyl (C=O) groups is 2. The molecule has 1 aliphatic carbocycles. The topological polar surface area (TPSA) is 102 Å². The third kappa shape index (κ3) is 4.22. The number of hydrogen-bond donors (Lipinski definition) is 2. The van der Waals surface area contributed by atoms with E-state index >= 15 is 0 Å². The summed E-state index contributed by atoms with van der Waals surface area (Å²) < 4.78 is 4.36. The van der Waals surface area contributed by atoms with E-state index in [1.54, 1.807) is 4.57 Å². The third-order valence-corrected chi connectivity index (χ3v) is 5.98. The Balaban J connectivity index is 1.66. The molecule has 0 radical (unpaired) electrons. The minimum Gasteiger partial charge on any atom is -0.352 e. The molecule has 4 rings (SSSR count). The number of nitrogens with one attached hydrogen (secondary N) is 2. The van der Waals surface area contributed by atoms with Crippen LogP contribution in [0.1, 0.15) is 46.5 Å². The summed E-state index contributed by atoms with van der Waals surface area (Å²) in [7, 11) is 0. The summed E-state index contributed by atoms with van der Waals surface area (Å²) in [6.07, 6.45) is 4.46. The van der Waals surface area contributed by atoms with Crippen molar-refractivity contribution in [3.05, 3.63) is 34.7 Å². The third-order valence-electron chi connectivity index (χ3n) is 5.98. The first kappa shape index (κ1) is 21.1. The molecule has 3 aromatic rings. The average Bonchev–Trinajstić information content (AvgIpc) is 3.18. The van der Waals surface area contributed by atoms with Crippen LogP contribution in [-0.4, -0.2) is 42.6 Å². The summed E-state index contributed by atoms with van der Waals surface area (Å²) in [5.41, 5.74) is 1.02. The Hall–Kier alpha value is -3.10. The van der Waals surface area contributed by atoms with Crippen LogP contribution in [0.5, 0.6) is 0 Å². The smallest absolute Gasteiger partial charge is 0.352 e. The molecule has 0 aliphatic heterocycles. The van der Waals surface area contributed by atoms with Gasteiger partial charge in [0.05, 0.1) is 11.0 Å². The second kappa shape index (κ2) is 8.56. The monoisotopic (exact) mass is 426 g/mol. The highest BCUT2D eigenvalue weighted by molar-refractivity contribution is 5.84. The number of amides is 2. The molecule has 9 nitrogen and oxygen atoms in total. The van der Waals surface area contributed by atoms with Crippen molar-refractivity contribution in [2.75, 3.05) is 0 Å². The summed E-state index contributed by atoms with van der Waals surface area (Å²) in [5.74, 6) is 0.440. The molecule has 2 atom stereocenters. The zero-order valence-corrected chi connectivity index (χ0v) is 18.3. The van der Waals surface area contributed by atoms with Gasteiger partial charge in [-0.15, -0.1) is 5.10 Å². The van der Waals surface area contributed by atoms with Gasteiger partial charge in [0.1, 0.15) is 13.1 Å². The SMILES string of the molecule is CC(C)NC(=O)Cn1nc2n(CC(=O)N[C@@H]3CCCC[C@@H]3C)c3ccccc3n2c1=O. The standard InChI is InChI=1S/C22H30N6O3/c1-14(2)23-20(30)13-27-22(31)28-18-11-7-6-10-17(18)26(21(28)25-27)12-19(29)24-16-9-5-4-8-15(16)3/h6-7,10-11,14-16H,4-5,8-9,12-13H2,1-3H3,(H,23,30)(H,24,29)/t15-,16+/m0/s1. The molecular formula is C22H30N6O3. The van der Waals surface area contributed by atoms with Gasteiger partial charge in [-0.2, -0.15) is 0 Å². The van der Waals surface area contributed by atoms with E-state index in [2.05, 4.69) is 22.7 Å². The molecule has 9 heteroatoms. The zero-order valence-electron chi connectivity index (χ0n) is 18.3. The lowest BCUT2D eigenvalue weighted by Crippen LogP contribution is -2.42. The molecule has 0 spiro atoms. The molecule has 0 bridgehead atoms. The van der Waals surface area contributed by atoms with E-state index < -0.39 is 5.69 Å². The lowest BCUT2D eigenvalue weighted by atomic mass is 9.86. The van der Waals surface area contributed by atoms with Gasteiger partial charge in [0.25, 0.3) is 0 Å². The molecular weight excluding hydrogens is 396 g/mol. The van der Waals surface area contributed by atoms with Gasteiger partial charge in [-0.1, -0.05) is 31.9 Å². The van der Waals surface area contributed by atoms with Crippen LogP contribution in [0, 0.1) is 5.92 Å². The van der Waals surface area contributed by atoms with Crippen LogP contribution >= 0.6 is 0 Å². The van der Waals surface area contributed by atoms with Gasteiger partial charge in [-0.25, -0.2) is 13.9 Å². The van der Waals surface area contributed by atoms with Crippen molar-refractivity contribution in [3.63, 3.8) is 0 Å². The molecule has 0 saturated heterocycles. The van der Waals surface area contributed by atoms with Crippen LogP contribution in [0.15, 0.2) is 29.1 Å². The zero-order chi connectivity index (χ0) is 22.1. The maximum absolute atomic E-state index is 13.0. The summed E-state index contributed by atoms with van der Waals surface area (Å²) in [6.45, 7) is 5.79. The first-order valence-electron chi connectivity index (χ1n) is 11.0. The fraction of sp³-hybridized carbons (Fsp3) is 0.545. The van der Waals surface area contributed by atoms with Crippen molar-refractivity contribution in [1.82, 2.24) is 29.4 Å². The van der Waals surface area contributed by atoms with Crippen LogP contribution in [0.2, 0.25) is 0 Å². The molecule has 0 unspecified atom stereocenters. The normalized spacial score (nSPS) is 19.2. The van der Waals surface area contributed by atoms with Gasteiger partial charge in [0.2, 0.25) is 17.6 Å². The van der Waals surface area contributed by atoms with Crippen molar-refractivity contribution in [1.29, 1.82) is 0 Å². The van der Waals surface area contributed by atoms with Crippen molar-refractivity contribution in [2.24, 2.45) is 5.92 Å². The Bertz CT molecular complexity index is 1170. The largest absolute Gasteiger partial charge is 0.352 e. The Morgan fingerprint density at radius 3 is 2.52 bits per heavy atom. The quantitative estimate of drug-likeness (QED) is 0.626. The number of aromatic nitrogens is 4. The number of rotatable bonds is 6. The van der Waals surface area contributed by atoms with Crippen molar-refractivity contribution < 1.29 is 9.59 Å². The molecule has 2 heterocycles. The number of nitrogens with zero attached hydrogens (tertiary/aromatic N) is 4. The predicted molar refractivity (Wildman–Crippen MR) is 118 cm³/mol. The van der Waals surface area contributed by atoms with E-state index in [1.807, 2.05) is 38.1 Å². The molecule has 1 fully saturated rings. The van der Waals surface area contributed by atoms with Crippen molar-refractivity contribution in [3.8, 4) is 0 Å². The van der Waals surface area contributed by atoms with Crippen molar-refractivity contribution in [2.45, 2.75) is 71.6 Å². The fourth-order valence-corrected chi connectivity index (χ4v) is 4.46. The van der Waals surface area contributed by atoms with Crippen LogP contribution < -0.4 is 16.3 Å². The summed E-state index contributed by atoms with van der Waals surface area (Å²) in [4.78, 5) is 38.0. The summed E-state index contributed by atoms with van der Waals surface area (Å²) in [5, 5.41) is 10.3. The highest BCUT2D eigenvalue weighted by Gasteiger charge is 2.25. The van der Waals surface area contributed by atoms with Gasteiger partial charge in [0, 0.05) is 12.1 Å². The molecule has 1 saturated carbocycles. The number of para-hydroxylation sites is 2. The molecule has 2 aromatic heterocycles. The maximum atomic E-state index is 13.0. The van der Waals surface area contributed by atoms with Gasteiger partial charge in [-0.05, 0) is 44.7 Å². The average molecular weight is 427 g/mol. The lowest BCUT2D eigenvalue weighted by molar-refractivity contribution is -0.123. The van der Waals surface area contributed by atoms with E-state index in [4.69, 9.17) is 0 Å². The van der Waals surface area contributed by atoms with E-state index in [1.165, 1.54) is 10.8 Å². The minimum absolute atomic E-state index is 0.0271. The second-order valence-corrected chi connectivity index (χ2v) is 8.81. The van der Waals surface area contributed by atoms with E-state index in [0.717, 1.165) is 29.5 Å². The number of imidazole rings is 1. The van der Waals surface area contributed by atoms with E-state index in [-0.39, 0.29) is 37.0 Å². The van der Waals surface area contributed by atoms with Gasteiger partial charge >= 0.3 is 5.69 Å². The first-order valence-corrected chi connectivity index (χ1v) is 11.0. The molecule has 2 N–H and O–H groups in total. The van der Waals surface area contributed by atoms with Gasteiger partial charge < -0.3 is 10.6 Å². The van der Waals surface area contributed by atoms with Gasteiger partial charge in [0.15, 0.2) is 0 Å². The number of benzene rings is 1. The number of hydrogen-bond acceptors (Lipinski definition) is 4. The Kier molecular flexibility index (Phi) is 5.84. The van der Waals surface area contributed by atoms with E-state index in [9.17, 15) is 14.4 Å². The predicted octanol–water partition coefficient (Wildman–Crippen LogP) is 1.67. The highest BCUT2D eigenvalue weighted by atomic mass is 16.2. The molecule has 1 aromatic carbocycles. The second-order valence-electron chi connectivity index (χ2n) is 8.81.